The van der Waals surface area contributed by atoms with Gasteiger partial charge in [-0.25, -0.2) is 39.6 Å². The SMILES string of the molecule is CC.CC(C)(C)OC(=O)N1CCC[C@H]1c1ncc(/C(N)=C/C=C(N)/C(N)=C/C=C(\N)c2cnc([C@@H]3CCCN3C(=O)OC(C)(C)C)n2COCCS(C)(C)C)n1COCCS(C)(C)C. The average molecular weight is 935 g/mol. The molecule has 4 heterocycles. The third-order valence-corrected chi connectivity index (χ3v) is 12.8. The van der Waals surface area contributed by atoms with Gasteiger partial charge in [0.2, 0.25) is 0 Å². The van der Waals surface area contributed by atoms with Gasteiger partial charge in [-0.2, -0.15) is 0 Å². The molecule has 8 N–H and O–H groups in total. The van der Waals surface area contributed by atoms with Gasteiger partial charge in [-0.15, -0.1) is 0 Å². The molecule has 2 atom stereocenters. The topological polar surface area (TPSA) is 217 Å². The standard InChI is InChI=1S/C44H76N10O6S2.C2H6/c1-43(2,3)59-41(55)51-21-13-15-35(51)39-49-27-37(53(39)29-57-23-25-61(7,8)9)33(47)19-17-31(45)32(46)18-20-34(48)38-28-50-40(54(38)30-58-24-26-62(10,11)12)36-16-14-22-52(36)42(56)60-44(4,5)6;1-2/h17-20,27-28,35-36H,13-16,21-26,29-30,45-48H2,1-12H3;1-2H3/b31-17-,32-18-,33-19-,34-20-;/t35-,36-;/m0./s1. The van der Waals surface area contributed by atoms with Crippen molar-refractivity contribution in [1.82, 2.24) is 28.9 Å². The van der Waals surface area contributed by atoms with E-state index in [4.69, 9.17) is 51.9 Å². The van der Waals surface area contributed by atoms with Crippen molar-refractivity contribution >= 4 is 43.6 Å². The summed E-state index contributed by atoms with van der Waals surface area (Å²) in [5.74, 6) is 3.23. The Labute approximate surface area is 386 Å². The van der Waals surface area contributed by atoms with Crippen LogP contribution in [-0.4, -0.2) is 128 Å². The molecule has 64 heavy (non-hydrogen) atoms. The fourth-order valence-electron chi connectivity index (χ4n) is 6.84. The van der Waals surface area contributed by atoms with Gasteiger partial charge in [0, 0.05) is 24.6 Å². The van der Waals surface area contributed by atoms with Crippen LogP contribution >= 0.6 is 20.1 Å². The Kier molecular flexibility index (Phi) is 19.7. The van der Waals surface area contributed by atoms with Crippen LogP contribution in [0.2, 0.25) is 0 Å². The first-order valence-electron chi connectivity index (χ1n) is 22.2. The van der Waals surface area contributed by atoms with Gasteiger partial charge in [0.05, 0.1) is 71.9 Å². The highest BCUT2D eigenvalue weighted by atomic mass is 32.3. The molecule has 0 saturated carbocycles. The maximum atomic E-state index is 13.2. The minimum atomic E-state index is -0.764. The van der Waals surface area contributed by atoms with E-state index in [0.717, 1.165) is 37.2 Å². The number of amides is 2. The van der Waals surface area contributed by atoms with Crippen LogP contribution in [0.25, 0.3) is 11.4 Å². The number of imidazole rings is 2. The summed E-state index contributed by atoms with van der Waals surface area (Å²) in [4.78, 5) is 39.5. The molecule has 364 valence electrons. The van der Waals surface area contributed by atoms with Crippen molar-refractivity contribution in [3.8, 4) is 0 Å². The summed E-state index contributed by atoms with van der Waals surface area (Å²) in [6, 6.07) is -0.602. The van der Waals surface area contributed by atoms with E-state index >= 15 is 0 Å². The third-order valence-electron chi connectivity index (χ3n) is 10.1. The molecule has 2 amide bonds. The molecule has 0 aromatic carbocycles. The first-order valence-corrected chi connectivity index (χ1v) is 28.2. The van der Waals surface area contributed by atoms with Crippen molar-refractivity contribution in [3.63, 3.8) is 0 Å². The van der Waals surface area contributed by atoms with Crippen LogP contribution in [0.15, 0.2) is 48.1 Å². The molecule has 0 spiro atoms. The molecule has 2 aliphatic heterocycles. The van der Waals surface area contributed by atoms with Crippen molar-refractivity contribution in [2.24, 2.45) is 22.9 Å². The lowest BCUT2D eigenvalue weighted by Crippen LogP contribution is -2.37. The largest absolute Gasteiger partial charge is 0.444 e. The summed E-state index contributed by atoms with van der Waals surface area (Å²) >= 11 is 0. The van der Waals surface area contributed by atoms with Crippen LogP contribution in [0.5, 0.6) is 0 Å². The molecule has 4 rings (SSSR count). The van der Waals surface area contributed by atoms with Crippen molar-refractivity contribution in [2.45, 2.75) is 118 Å². The molecule has 2 fully saturated rings. The quantitative estimate of drug-likeness (QED) is 0.0892. The van der Waals surface area contributed by atoms with E-state index in [1.165, 1.54) is 0 Å². The highest BCUT2D eigenvalue weighted by Crippen LogP contribution is 2.37. The molecule has 16 nitrogen and oxygen atoms in total. The summed E-state index contributed by atoms with van der Waals surface area (Å²) in [6.45, 7) is 17.8. The second-order valence-electron chi connectivity index (χ2n) is 19.7. The zero-order chi connectivity index (χ0) is 48.2. The summed E-state index contributed by atoms with van der Waals surface area (Å²) in [5, 5.41) is 0. The van der Waals surface area contributed by atoms with Gasteiger partial charge >= 0.3 is 12.2 Å². The average Bonchev–Trinajstić information content (AvgIpc) is 4.00. The number of nitrogens with two attached hydrogens (primary N) is 4. The fraction of sp³-hybridized carbons (Fsp3) is 0.652. The molecular formula is C46H82N10O6S2. The van der Waals surface area contributed by atoms with Gasteiger partial charge in [0.15, 0.2) is 0 Å². The predicted octanol–water partition coefficient (Wildman–Crippen LogP) is 7.57. The van der Waals surface area contributed by atoms with E-state index < -0.39 is 31.3 Å². The maximum absolute atomic E-state index is 13.2. The number of nitrogens with zero attached hydrogens (tertiary/aromatic N) is 6. The number of rotatable bonds is 17. The van der Waals surface area contributed by atoms with Crippen LogP contribution in [0.4, 0.5) is 9.59 Å². The summed E-state index contributed by atoms with van der Waals surface area (Å²) in [7, 11) is -1.53. The minimum Gasteiger partial charge on any atom is -0.444 e. The number of carbonyl (C=O) groups excluding carboxylic acids is 2. The van der Waals surface area contributed by atoms with Crippen LogP contribution in [-0.2, 0) is 32.4 Å². The van der Waals surface area contributed by atoms with Crippen LogP contribution in [0, 0.1) is 0 Å². The normalized spacial score (nSPS) is 18.8. The maximum Gasteiger partial charge on any atom is 0.410 e. The van der Waals surface area contributed by atoms with Gasteiger partial charge < -0.3 is 51.0 Å². The van der Waals surface area contributed by atoms with E-state index in [-0.39, 0.29) is 49.1 Å². The Morgan fingerprint density at radius 3 is 1.30 bits per heavy atom. The van der Waals surface area contributed by atoms with Crippen molar-refractivity contribution in [2.75, 3.05) is 75.3 Å². The highest BCUT2D eigenvalue weighted by Gasteiger charge is 2.38. The van der Waals surface area contributed by atoms with E-state index in [0.29, 0.717) is 60.7 Å². The third kappa shape index (κ3) is 16.6. The first-order chi connectivity index (χ1) is 29.7. The number of allylic oxidation sites excluding steroid dienone is 4. The lowest BCUT2D eigenvalue weighted by molar-refractivity contribution is 0.0195. The zero-order valence-electron chi connectivity index (χ0n) is 41.4. The summed E-state index contributed by atoms with van der Waals surface area (Å²) in [6.07, 6.45) is 25.9. The predicted molar refractivity (Wildman–Crippen MR) is 267 cm³/mol. The van der Waals surface area contributed by atoms with Crippen LogP contribution in [0.3, 0.4) is 0 Å². The molecule has 2 saturated heterocycles. The monoisotopic (exact) mass is 935 g/mol. The number of hydrogen-bond donors (Lipinski definition) is 4. The molecule has 0 bridgehead atoms. The Morgan fingerprint density at radius 2 is 0.984 bits per heavy atom. The lowest BCUT2D eigenvalue weighted by Gasteiger charge is -2.29. The van der Waals surface area contributed by atoms with E-state index in [1.54, 1.807) is 46.5 Å². The van der Waals surface area contributed by atoms with Crippen LogP contribution in [0.1, 0.15) is 116 Å². The van der Waals surface area contributed by atoms with Crippen molar-refractivity contribution < 1.29 is 28.5 Å². The number of carbonyl (C=O) groups is 2. The second kappa shape index (κ2) is 23.3. The molecule has 0 radical (unpaired) electrons. The minimum absolute atomic E-state index is 0.208. The molecular weight excluding hydrogens is 853 g/mol. The van der Waals surface area contributed by atoms with Crippen molar-refractivity contribution in [3.05, 3.63) is 71.1 Å². The number of hydrogen-bond acceptors (Lipinski definition) is 12. The Balaban J connectivity index is 0.00000537. The number of ether oxygens (including phenoxy) is 4. The molecule has 2 aliphatic rings. The fourth-order valence-corrected chi connectivity index (χ4v) is 8.08. The molecule has 18 heteroatoms. The van der Waals surface area contributed by atoms with Gasteiger partial charge in [0.25, 0.3) is 0 Å². The van der Waals surface area contributed by atoms with E-state index in [2.05, 4.69) is 37.5 Å². The summed E-state index contributed by atoms with van der Waals surface area (Å²) in [5.41, 5.74) is 27.7. The highest BCUT2D eigenvalue weighted by molar-refractivity contribution is 8.32. The van der Waals surface area contributed by atoms with Gasteiger partial charge in [-0.05, 0) is 129 Å². The molecule has 2 aromatic rings. The Bertz CT molecular complexity index is 1840. The lowest BCUT2D eigenvalue weighted by atomic mass is 10.2. The van der Waals surface area contributed by atoms with Gasteiger partial charge in [-0.3, -0.25) is 9.80 Å². The van der Waals surface area contributed by atoms with E-state index in [9.17, 15) is 9.59 Å². The van der Waals surface area contributed by atoms with Crippen LogP contribution < -0.4 is 22.9 Å². The zero-order valence-corrected chi connectivity index (χ0v) is 43.0. The number of aromatic nitrogens is 4. The summed E-state index contributed by atoms with van der Waals surface area (Å²) < 4.78 is 27.7. The van der Waals surface area contributed by atoms with Gasteiger partial charge in [0.1, 0.15) is 36.3 Å². The Morgan fingerprint density at radius 1 is 0.641 bits per heavy atom. The Hall–Kier alpha value is -4.26. The smallest absolute Gasteiger partial charge is 0.410 e. The number of likely N-dealkylation sites (tertiary alicyclic amines) is 2. The second-order valence-corrected chi connectivity index (χ2v) is 28.9. The van der Waals surface area contributed by atoms with Gasteiger partial charge in [-0.1, -0.05) is 13.8 Å². The first kappa shape index (κ1) is 54.1. The molecule has 0 unspecified atom stereocenters. The molecule has 2 aromatic heterocycles. The van der Waals surface area contributed by atoms with Crippen molar-refractivity contribution in [1.29, 1.82) is 0 Å². The molecule has 0 aliphatic carbocycles. The van der Waals surface area contributed by atoms with E-state index in [1.807, 2.05) is 64.5 Å².